The second-order valence-electron chi connectivity index (χ2n) is 3.64. The number of rotatable bonds is 9. The van der Waals surface area contributed by atoms with Gasteiger partial charge in [0.2, 0.25) is 0 Å². The summed E-state index contributed by atoms with van der Waals surface area (Å²) in [6.45, 7) is -2.20. The summed E-state index contributed by atoms with van der Waals surface area (Å²) in [5.74, 6) is 0.941. The average molecular weight is 326 g/mol. The lowest BCUT2D eigenvalue weighted by Gasteiger charge is -2.17. The molecule has 1 atom stereocenters. The van der Waals surface area contributed by atoms with E-state index in [2.05, 4.69) is 4.74 Å². The normalized spacial score (nSPS) is 14.1. The standard InChI is InChI=1S/C12H17F2O4PS/c1-3-9-20-19(15,16-4-2)18-11-7-5-10(6-8-11)17-12(13)14/h5-8,12H,3-4,9H2,1-2H3. The molecule has 0 aliphatic rings. The molecule has 1 rings (SSSR count). The molecular weight excluding hydrogens is 309 g/mol. The van der Waals surface area contributed by atoms with E-state index in [1.54, 1.807) is 6.92 Å². The van der Waals surface area contributed by atoms with E-state index < -0.39 is 13.4 Å². The maximum absolute atomic E-state index is 12.4. The van der Waals surface area contributed by atoms with Crippen LogP contribution in [0.25, 0.3) is 0 Å². The minimum absolute atomic E-state index is 0.0137. The largest absolute Gasteiger partial charge is 0.440 e. The molecule has 20 heavy (non-hydrogen) atoms. The predicted octanol–water partition coefficient (Wildman–Crippen LogP) is 4.95. The molecule has 0 fully saturated rings. The first kappa shape index (κ1) is 17.3. The van der Waals surface area contributed by atoms with Gasteiger partial charge >= 0.3 is 13.4 Å². The molecule has 0 aromatic heterocycles. The van der Waals surface area contributed by atoms with Crippen molar-refractivity contribution >= 4 is 18.2 Å². The average Bonchev–Trinajstić information content (AvgIpc) is 2.38. The highest BCUT2D eigenvalue weighted by atomic mass is 32.7. The van der Waals surface area contributed by atoms with Crippen molar-refractivity contribution in [3.05, 3.63) is 24.3 Å². The van der Waals surface area contributed by atoms with Gasteiger partial charge in [0.1, 0.15) is 11.5 Å². The van der Waals surface area contributed by atoms with Gasteiger partial charge in [-0.25, -0.2) is 4.57 Å². The van der Waals surface area contributed by atoms with Gasteiger partial charge in [0.05, 0.1) is 6.61 Å². The lowest BCUT2D eigenvalue weighted by molar-refractivity contribution is -0.0498. The molecule has 0 saturated heterocycles. The number of alkyl halides is 2. The van der Waals surface area contributed by atoms with E-state index in [1.165, 1.54) is 24.3 Å². The Hall–Kier alpha value is -0.780. The molecule has 0 N–H and O–H groups in total. The number of ether oxygens (including phenoxy) is 1. The Kier molecular flexibility index (Phi) is 7.34. The van der Waals surface area contributed by atoms with Gasteiger partial charge in [-0.2, -0.15) is 8.78 Å². The summed E-state index contributed by atoms with van der Waals surface area (Å²) in [6.07, 6.45) is 0.840. The van der Waals surface area contributed by atoms with Crippen LogP contribution in [-0.2, 0) is 9.09 Å². The Morgan fingerprint density at radius 1 is 1.20 bits per heavy atom. The van der Waals surface area contributed by atoms with Crippen molar-refractivity contribution < 1.29 is 27.1 Å². The van der Waals surface area contributed by atoms with Crippen LogP contribution >= 0.6 is 18.2 Å². The zero-order valence-electron chi connectivity index (χ0n) is 11.3. The van der Waals surface area contributed by atoms with Crippen molar-refractivity contribution in [2.24, 2.45) is 0 Å². The molecule has 0 amide bonds. The van der Waals surface area contributed by atoms with Gasteiger partial charge in [0.15, 0.2) is 0 Å². The van der Waals surface area contributed by atoms with Crippen molar-refractivity contribution in [1.29, 1.82) is 0 Å². The highest BCUT2D eigenvalue weighted by Crippen LogP contribution is 2.60. The van der Waals surface area contributed by atoms with Crippen LogP contribution in [0.5, 0.6) is 11.5 Å². The van der Waals surface area contributed by atoms with Gasteiger partial charge in [-0.3, -0.25) is 4.52 Å². The molecule has 0 aliphatic heterocycles. The fourth-order valence-electron chi connectivity index (χ4n) is 1.26. The van der Waals surface area contributed by atoms with E-state index >= 15 is 0 Å². The van der Waals surface area contributed by atoms with Crippen LogP contribution in [0.3, 0.4) is 0 Å². The summed E-state index contributed by atoms with van der Waals surface area (Å²) >= 11 is 1.12. The van der Waals surface area contributed by atoms with Crippen LogP contribution in [0.15, 0.2) is 24.3 Å². The van der Waals surface area contributed by atoms with Crippen molar-refractivity contribution in [1.82, 2.24) is 0 Å². The maximum Gasteiger partial charge on any atom is 0.440 e. The topological polar surface area (TPSA) is 44.8 Å². The van der Waals surface area contributed by atoms with E-state index in [1.807, 2.05) is 6.92 Å². The number of benzene rings is 1. The summed E-state index contributed by atoms with van der Waals surface area (Å²) in [7, 11) is 0. The number of hydrogen-bond donors (Lipinski definition) is 0. The molecule has 1 aromatic rings. The van der Waals surface area contributed by atoms with Crippen LogP contribution in [0.4, 0.5) is 8.78 Å². The second-order valence-corrected chi connectivity index (χ2v) is 7.76. The molecule has 0 radical (unpaired) electrons. The summed E-state index contributed by atoms with van der Waals surface area (Å²) < 4.78 is 51.1. The fraction of sp³-hybridized carbons (Fsp3) is 0.500. The summed E-state index contributed by atoms with van der Waals surface area (Å²) in [5.41, 5.74) is 0. The Bertz CT molecular complexity index is 442. The zero-order chi connectivity index (χ0) is 15.0. The van der Waals surface area contributed by atoms with Gasteiger partial charge in [0, 0.05) is 5.75 Å². The van der Waals surface area contributed by atoms with Crippen LogP contribution < -0.4 is 9.26 Å². The Balaban J connectivity index is 2.70. The van der Waals surface area contributed by atoms with Crippen molar-refractivity contribution in [3.63, 3.8) is 0 Å². The molecule has 8 heteroatoms. The van der Waals surface area contributed by atoms with Crippen molar-refractivity contribution in [2.75, 3.05) is 12.4 Å². The maximum atomic E-state index is 12.4. The van der Waals surface area contributed by atoms with Crippen molar-refractivity contribution in [3.8, 4) is 11.5 Å². The molecule has 0 heterocycles. The molecule has 114 valence electrons. The minimum atomic E-state index is -3.27. The highest BCUT2D eigenvalue weighted by Gasteiger charge is 2.26. The van der Waals surface area contributed by atoms with E-state index in [0.717, 1.165) is 17.8 Å². The lowest BCUT2D eigenvalue weighted by Crippen LogP contribution is -2.01. The van der Waals surface area contributed by atoms with Crippen LogP contribution in [-0.4, -0.2) is 19.0 Å². The fourth-order valence-corrected chi connectivity index (χ4v) is 4.72. The summed E-state index contributed by atoms with van der Waals surface area (Å²) in [5, 5.41) is 0. The predicted molar refractivity (Wildman–Crippen MR) is 75.7 cm³/mol. The number of hydrogen-bond acceptors (Lipinski definition) is 5. The molecule has 4 nitrogen and oxygen atoms in total. The summed E-state index contributed by atoms with van der Waals surface area (Å²) in [4.78, 5) is 0. The Morgan fingerprint density at radius 3 is 2.30 bits per heavy atom. The molecule has 1 aromatic carbocycles. The molecule has 0 spiro atoms. The van der Waals surface area contributed by atoms with Gasteiger partial charge < -0.3 is 9.26 Å². The van der Waals surface area contributed by atoms with Gasteiger partial charge in [-0.15, -0.1) is 0 Å². The highest BCUT2D eigenvalue weighted by molar-refractivity contribution is 8.55. The first-order valence-electron chi connectivity index (χ1n) is 6.12. The van der Waals surface area contributed by atoms with Crippen LogP contribution in [0.1, 0.15) is 20.3 Å². The third-order valence-electron chi connectivity index (χ3n) is 2.01. The van der Waals surface area contributed by atoms with Gasteiger partial charge in [0.25, 0.3) is 0 Å². The second kappa shape index (κ2) is 8.49. The van der Waals surface area contributed by atoms with E-state index in [0.29, 0.717) is 5.75 Å². The smallest absolute Gasteiger partial charge is 0.435 e. The molecule has 0 bridgehead atoms. The Labute approximate surface area is 121 Å². The van der Waals surface area contributed by atoms with Crippen LogP contribution in [0.2, 0.25) is 0 Å². The zero-order valence-corrected chi connectivity index (χ0v) is 13.0. The molecule has 0 saturated carbocycles. The van der Waals surface area contributed by atoms with E-state index in [9.17, 15) is 13.3 Å². The van der Waals surface area contributed by atoms with Crippen molar-refractivity contribution in [2.45, 2.75) is 26.9 Å². The van der Waals surface area contributed by atoms with Gasteiger partial charge in [-0.1, -0.05) is 6.92 Å². The monoisotopic (exact) mass is 326 g/mol. The minimum Gasteiger partial charge on any atom is -0.435 e. The summed E-state index contributed by atoms with van der Waals surface area (Å²) in [6, 6.07) is 5.47. The van der Waals surface area contributed by atoms with Gasteiger partial charge in [-0.05, 0) is 49.0 Å². The first-order valence-corrected chi connectivity index (χ1v) is 9.26. The lowest BCUT2D eigenvalue weighted by atomic mass is 10.3. The van der Waals surface area contributed by atoms with Crippen LogP contribution in [0, 0.1) is 0 Å². The Morgan fingerprint density at radius 2 is 1.80 bits per heavy atom. The molecule has 0 aliphatic carbocycles. The third-order valence-corrected chi connectivity index (χ3v) is 5.96. The molecule has 1 unspecified atom stereocenters. The number of halogens is 2. The third kappa shape index (κ3) is 6.11. The van der Waals surface area contributed by atoms with E-state index in [-0.39, 0.29) is 18.1 Å². The molecular formula is C12H17F2O4PS. The SMILES string of the molecule is CCCSP(=O)(OCC)Oc1ccc(OC(F)F)cc1. The quantitative estimate of drug-likeness (QED) is 0.601. The van der Waals surface area contributed by atoms with E-state index in [4.69, 9.17) is 9.05 Å². The first-order chi connectivity index (χ1) is 9.49.